The molecule has 1 rings (SSSR count). The summed E-state index contributed by atoms with van der Waals surface area (Å²) in [7, 11) is 0. The van der Waals surface area contributed by atoms with Crippen LogP contribution in [0.2, 0.25) is 4.47 Å². The number of aliphatic hydroxyl groups is 1. The first kappa shape index (κ1) is 8.93. The monoisotopic (exact) mass is 192 g/mol. The van der Waals surface area contributed by atoms with Gasteiger partial charge in [0, 0.05) is 6.20 Å². The number of aromatic nitrogens is 1. The van der Waals surface area contributed by atoms with E-state index in [1.54, 1.807) is 6.20 Å². The van der Waals surface area contributed by atoms with Crippen molar-refractivity contribution in [2.75, 3.05) is 6.54 Å². The Morgan fingerprint density at radius 3 is 3.00 bits per heavy atom. The van der Waals surface area contributed by atoms with E-state index in [9.17, 15) is 5.11 Å². The van der Waals surface area contributed by atoms with Crippen LogP contribution in [-0.4, -0.2) is 16.6 Å². The summed E-state index contributed by atoms with van der Waals surface area (Å²) in [6.07, 6.45) is 1.62. The highest BCUT2D eigenvalue weighted by Gasteiger charge is 2.09. The minimum absolute atomic E-state index is 0.455. The summed E-state index contributed by atoms with van der Waals surface area (Å²) >= 11 is 6.85. The summed E-state index contributed by atoms with van der Waals surface area (Å²) in [6.45, 7) is 0.469. The third-order valence-electron chi connectivity index (χ3n) is 1.26. The molecule has 11 heavy (non-hydrogen) atoms. The molecule has 5 heteroatoms. The first-order valence-corrected chi connectivity index (χ1v) is 4.43. The van der Waals surface area contributed by atoms with E-state index in [2.05, 4.69) is 4.98 Å². The van der Waals surface area contributed by atoms with Gasteiger partial charge in [0.2, 0.25) is 0 Å². The molecule has 0 spiro atoms. The van der Waals surface area contributed by atoms with Crippen LogP contribution in [0.3, 0.4) is 0 Å². The van der Waals surface area contributed by atoms with Crippen LogP contribution in [0, 0.1) is 0 Å². The molecule has 0 aliphatic carbocycles. The van der Waals surface area contributed by atoms with Gasteiger partial charge >= 0.3 is 0 Å². The number of nitrogens with two attached hydrogens (primary N) is 1. The van der Waals surface area contributed by atoms with Crippen molar-refractivity contribution in [1.29, 1.82) is 0 Å². The first-order valence-electron chi connectivity index (χ1n) is 3.23. The van der Waals surface area contributed by atoms with Crippen molar-refractivity contribution in [3.63, 3.8) is 0 Å². The van der Waals surface area contributed by atoms with Crippen molar-refractivity contribution in [2.24, 2.45) is 5.73 Å². The standard InChI is InChI=1S/C6H9ClN2OS/c7-6-9-3-5(11-6)4(10)1-2-8/h3-4,10H,1-2,8H2. The Morgan fingerprint density at radius 1 is 1.82 bits per heavy atom. The Balaban J connectivity index is 2.60. The van der Waals surface area contributed by atoms with Crippen molar-refractivity contribution >= 4 is 22.9 Å². The number of hydrogen-bond acceptors (Lipinski definition) is 4. The van der Waals surface area contributed by atoms with Crippen LogP contribution >= 0.6 is 22.9 Å². The zero-order valence-electron chi connectivity index (χ0n) is 5.83. The van der Waals surface area contributed by atoms with Gasteiger partial charge in [0.15, 0.2) is 4.47 Å². The number of thiazole rings is 1. The quantitative estimate of drug-likeness (QED) is 0.756. The average Bonchev–Trinajstić information content (AvgIpc) is 2.36. The molecule has 3 nitrogen and oxygen atoms in total. The molecule has 3 N–H and O–H groups in total. The largest absolute Gasteiger partial charge is 0.387 e. The van der Waals surface area contributed by atoms with Gasteiger partial charge in [-0.05, 0) is 13.0 Å². The van der Waals surface area contributed by atoms with Crippen LogP contribution in [0.1, 0.15) is 17.4 Å². The predicted molar refractivity (Wildman–Crippen MR) is 45.8 cm³/mol. The minimum atomic E-state index is -0.509. The molecule has 1 heterocycles. The van der Waals surface area contributed by atoms with E-state index in [4.69, 9.17) is 17.3 Å². The SMILES string of the molecule is NCCC(O)c1cnc(Cl)s1. The molecule has 0 amide bonds. The second kappa shape index (κ2) is 4.01. The Morgan fingerprint density at radius 2 is 2.55 bits per heavy atom. The highest BCUT2D eigenvalue weighted by Crippen LogP contribution is 2.25. The van der Waals surface area contributed by atoms with Crippen molar-refractivity contribution < 1.29 is 5.11 Å². The van der Waals surface area contributed by atoms with E-state index in [1.807, 2.05) is 0 Å². The fraction of sp³-hybridized carbons (Fsp3) is 0.500. The zero-order valence-corrected chi connectivity index (χ0v) is 7.40. The lowest BCUT2D eigenvalue weighted by Crippen LogP contribution is -2.05. The second-order valence-corrected chi connectivity index (χ2v) is 3.75. The Labute approximate surface area is 73.8 Å². The molecule has 0 aliphatic heterocycles. The fourth-order valence-corrected chi connectivity index (χ4v) is 1.69. The van der Waals surface area contributed by atoms with Gasteiger partial charge in [-0.2, -0.15) is 0 Å². The molecule has 62 valence electrons. The molecule has 0 bridgehead atoms. The van der Waals surface area contributed by atoms with Gasteiger partial charge < -0.3 is 10.8 Å². The van der Waals surface area contributed by atoms with Gasteiger partial charge in [0.1, 0.15) is 0 Å². The van der Waals surface area contributed by atoms with E-state index in [-0.39, 0.29) is 0 Å². The Bertz CT molecular complexity index is 228. The molecular formula is C6H9ClN2OS. The molecule has 0 saturated carbocycles. The summed E-state index contributed by atoms with van der Waals surface area (Å²) in [5.74, 6) is 0. The molecule has 0 aliphatic rings. The number of nitrogens with zero attached hydrogens (tertiary/aromatic N) is 1. The fourth-order valence-electron chi connectivity index (χ4n) is 0.719. The summed E-state index contributed by atoms with van der Waals surface area (Å²) in [6, 6.07) is 0. The summed E-state index contributed by atoms with van der Waals surface area (Å²) < 4.78 is 0.455. The number of hydrogen-bond donors (Lipinski definition) is 2. The summed E-state index contributed by atoms with van der Waals surface area (Å²) in [5.41, 5.74) is 5.26. The van der Waals surface area contributed by atoms with E-state index in [0.29, 0.717) is 17.4 Å². The number of aliphatic hydroxyl groups excluding tert-OH is 1. The smallest absolute Gasteiger partial charge is 0.183 e. The van der Waals surface area contributed by atoms with Gasteiger partial charge in [-0.3, -0.25) is 0 Å². The van der Waals surface area contributed by atoms with Gasteiger partial charge in [-0.15, -0.1) is 11.3 Å². The maximum Gasteiger partial charge on any atom is 0.183 e. The topological polar surface area (TPSA) is 59.1 Å². The molecule has 1 aromatic rings. The molecule has 0 radical (unpaired) electrons. The molecule has 0 saturated heterocycles. The van der Waals surface area contributed by atoms with Crippen LogP contribution in [0.4, 0.5) is 0 Å². The Hall–Kier alpha value is -0.160. The molecule has 1 atom stereocenters. The predicted octanol–water partition coefficient (Wildman–Crippen LogP) is 1.18. The second-order valence-electron chi connectivity index (χ2n) is 2.11. The lowest BCUT2D eigenvalue weighted by atomic mass is 10.2. The van der Waals surface area contributed by atoms with Crippen LogP contribution < -0.4 is 5.73 Å². The molecule has 0 fully saturated rings. The van der Waals surface area contributed by atoms with Crippen LogP contribution in [0.15, 0.2) is 6.20 Å². The number of rotatable bonds is 3. The third kappa shape index (κ3) is 2.41. The van der Waals surface area contributed by atoms with Crippen molar-refractivity contribution in [2.45, 2.75) is 12.5 Å². The third-order valence-corrected chi connectivity index (χ3v) is 2.48. The minimum Gasteiger partial charge on any atom is -0.387 e. The highest BCUT2D eigenvalue weighted by molar-refractivity contribution is 7.15. The maximum absolute atomic E-state index is 9.37. The van der Waals surface area contributed by atoms with E-state index in [1.165, 1.54) is 11.3 Å². The van der Waals surface area contributed by atoms with Crippen LogP contribution in [0.5, 0.6) is 0 Å². The van der Waals surface area contributed by atoms with Gasteiger partial charge in [0.05, 0.1) is 11.0 Å². The lowest BCUT2D eigenvalue weighted by molar-refractivity contribution is 0.174. The number of halogens is 1. The van der Waals surface area contributed by atoms with Gasteiger partial charge in [0.25, 0.3) is 0 Å². The van der Waals surface area contributed by atoms with E-state index in [0.717, 1.165) is 4.88 Å². The van der Waals surface area contributed by atoms with Crippen LogP contribution in [-0.2, 0) is 0 Å². The van der Waals surface area contributed by atoms with Crippen molar-refractivity contribution in [3.05, 3.63) is 15.5 Å². The van der Waals surface area contributed by atoms with Gasteiger partial charge in [-0.1, -0.05) is 11.6 Å². The zero-order chi connectivity index (χ0) is 8.27. The van der Waals surface area contributed by atoms with Crippen molar-refractivity contribution in [1.82, 2.24) is 4.98 Å². The van der Waals surface area contributed by atoms with E-state index >= 15 is 0 Å². The normalized spacial score (nSPS) is 13.4. The lowest BCUT2D eigenvalue weighted by Gasteiger charge is -2.03. The van der Waals surface area contributed by atoms with Crippen molar-refractivity contribution in [3.8, 4) is 0 Å². The first-order chi connectivity index (χ1) is 5.24. The summed E-state index contributed by atoms with van der Waals surface area (Å²) in [4.78, 5) is 4.58. The van der Waals surface area contributed by atoms with E-state index < -0.39 is 6.10 Å². The molecular weight excluding hydrogens is 184 g/mol. The maximum atomic E-state index is 9.37. The molecule has 1 aromatic heterocycles. The molecule has 1 unspecified atom stereocenters. The molecule has 0 aromatic carbocycles. The summed E-state index contributed by atoms with van der Waals surface area (Å²) in [5, 5.41) is 9.37. The Kier molecular flexibility index (Phi) is 3.26. The highest BCUT2D eigenvalue weighted by atomic mass is 35.5. The van der Waals surface area contributed by atoms with Crippen LogP contribution in [0.25, 0.3) is 0 Å². The average molecular weight is 193 g/mol. The van der Waals surface area contributed by atoms with Gasteiger partial charge in [-0.25, -0.2) is 4.98 Å².